The minimum atomic E-state index is -3.63. The highest BCUT2D eigenvalue weighted by Gasteiger charge is 2.35. The maximum Gasteiger partial charge on any atom is 0.208 e. The van der Waals surface area contributed by atoms with Crippen molar-refractivity contribution >= 4 is 31.6 Å². The van der Waals surface area contributed by atoms with Crippen LogP contribution in [0.2, 0.25) is 0 Å². The molecule has 1 aliphatic heterocycles. The number of sulfone groups is 1. The monoisotopic (exact) mass is 336 g/mol. The average Bonchev–Trinajstić information content (AvgIpc) is 2.36. The quantitative estimate of drug-likeness (QED) is 0.633. The molecule has 0 atom stereocenters. The van der Waals surface area contributed by atoms with E-state index in [1.165, 1.54) is 6.07 Å². The number of ketones is 1. The van der Waals surface area contributed by atoms with E-state index in [0.717, 1.165) is 5.56 Å². The van der Waals surface area contributed by atoms with Crippen molar-refractivity contribution in [2.24, 2.45) is 0 Å². The van der Waals surface area contributed by atoms with Crippen LogP contribution in [0.4, 0.5) is 0 Å². The summed E-state index contributed by atoms with van der Waals surface area (Å²) in [6.07, 6.45) is 0. The number of hydrogen-bond acceptors (Lipinski definition) is 3. The molecule has 96 valence electrons. The topological polar surface area (TPSA) is 51.2 Å². The highest BCUT2D eigenvalue weighted by Crippen LogP contribution is 2.37. The van der Waals surface area contributed by atoms with Gasteiger partial charge in [-0.05, 0) is 52.7 Å². The molecule has 1 heterocycles. The molecule has 0 bridgehead atoms. The van der Waals surface area contributed by atoms with Crippen molar-refractivity contribution in [2.45, 2.75) is 16.7 Å². The number of benzene rings is 2. The first-order valence-corrected chi connectivity index (χ1v) is 7.89. The Kier molecular flexibility index (Phi) is 2.66. The number of fused-ring (bicyclic) bond motifs is 2. The summed E-state index contributed by atoms with van der Waals surface area (Å²) in [5.74, 6) is -0.257. The van der Waals surface area contributed by atoms with Crippen LogP contribution in [0.5, 0.6) is 0 Å². The van der Waals surface area contributed by atoms with Gasteiger partial charge in [0.25, 0.3) is 0 Å². The van der Waals surface area contributed by atoms with E-state index in [4.69, 9.17) is 0 Å². The van der Waals surface area contributed by atoms with Gasteiger partial charge in [-0.15, -0.1) is 0 Å². The summed E-state index contributed by atoms with van der Waals surface area (Å²) >= 11 is 3.26. The van der Waals surface area contributed by atoms with Gasteiger partial charge >= 0.3 is 0 Å². The van der Waals surface area contributed by atoms with E-state index >= 15 is 0 Å². The number of halogens is 1. The van der Waals surface area contributed by atoms with Crippen molar-refractivity contribution in [1.29, 1.82) is 0 Å². The van der Waals surface area contributed by atoms with Crippen LogP contribution >= 0.6 is 15.9 Å². The Bertz CT molecular complexity index is 815. The summed E-state index contributed by atoms with van der Waals surface area (Å²) in [5, 5.41) is 0. The number of aryl methyl sites for hydroxylation is 1. The fourth-order valence-corrected chi connectivity index (χ4v) is 4.68. The number of hydrogen-bond donors (Lipinski definition) is 0. The smallest absolute Gasteiger partial charge is 0.208 e. The van der Waals surface area contributed by atoms with Gasteiger partial charge in [0.1, 0.15) is 0 Å². The van der Waals surface area contributed by atoms with Crippen molar-refractivity contribution in [1.82, 2.24) is 0 Å². The zero-order valence-electron chi connectivity index (χ0n) is 9.98. The second-order valence-corrected chi connectivity index (χ2v) is 7.19. The standard InChI is InChI=1S/C14H9BrO3S/c1-8-5-6-9-12(7-8)19(17,18)11-4-2-3-10(15)13(11)14(9)16/h2-7H,1H3. The number of carbonyl (C=O) groups is 1. The molecular formula is C14H9BrO3S. The van der Waals surface area contributed by atoms with Gasteiger partial charge in [-0.3, -0.25) is 4.79 Å². The lowest BCUT2D eigenvalue weighted by molar-refractivity contribution is 0.103. The molecule has 0 N–H and O–H groups in total. The summed E-state index contributed by atoms with van der Waals surface area (Å²) in [5.41, 5.74) is 1.28. The first kappa shape index (κ1) is 12.6. The van der Waals surface area contributed by atoms with E-state index < -0.39 is 9.84 Å². The summed E-state index contributed by atoms with van der Waals surface area (Å²) in [6.45, 7) is 1.80. The Labute approximate surface area is 119 Å². The second-order valence-electron chi connectivity index (χ2n) is 4.45. The lowest BCUT2D eigenvalue weighted by Gasteiger charge is -2.20. The van der Waals surface area contributed by atoms with E-state index in [1.54, 1.807) is 37.3 Å². The van der Waals surface area contributed by atoms with Crippen molar-refractivity contribution in [3.05, 3.63) is 57.6 Å². The Morgan fingerprint density at radius 2 is 1.79 bits per heavy atom. The molecule has 0 saturated heterocycles. The first-order chi connectivity index (χ1) is 8.93. The van der Waals surface area contributed by atoms with Crippen molar-refractivity contribution in [2.75, 3.05) is 0 Å². The molecule has 0 fully saturated rings. The Morgan fingerprint density at radius 1 is 1.05 bits per heavy atom. The minimum Gasteiger partial charge on any atom is -0.288 e. The SMILES string of the molecule is Cc1ccc2c(c1)S(=O)(=O)c1cccc(Br)c1C2=O. The summed E-state index contributed by atoms with van der Waals surface area (Å²) < 4.78 is 25.6. The zero-order chi connectivity index (χ0) is 13.8. The molecule has 0 spiro atoms. The molecule has 0 saturated carbocycles. The zero-order valence-corrected chi connectivity index (χ0v) is 12.4. The van der Waals surface area contributed by atoms with Crippen LogP contribution in [0.15, 0.2) is 50.7 Å². The lowest BCUT2D eigenvalue weighted by atomic mass is 10.0. The third kappa shape index (κ3) is 1.69. The minimum absolute atomic E-state index is 0.0741. The predicted molar refractivity (Wildman–Crippen MR) is 74.2 cm³/mol. The van der Waals surface area contributed by atoms with Crippen LogP contribution in [0, 0.1) is 6.92 Å². The van der Waals surface area contributed by atoms with Crippen LogP contribution in [-0.2, 0) is 9.84 Å². The molecule has 0 unspecified atom stereocenters. The highest BCUT2D eigenvalue weighted by molar-refractivity contribution is 9.10. The van der Waals surface area contributed by atoms with E-state index in [9.17, 15) is 13.2 Å². The van der Waals surface area contributed by atoms with Gasteiger partial charge in [0, 0.05) is 10.0 Å². The van der Waals surface area contributed by atoms with Gasteiger partial charge < -0.3 is 0 Å². The molecule has 3 nitrogen and oxygen atoms in total. The van der Waals surface area contributed by atoms with Gasteiger partial charge in [0.15, 0.2) is 5.78 Å². The molecule has 5 heteroatoms. The molecule has 0 radical (unpaired) electrons. The van der Waals surface area contributed by atoms with Gasteiger partial charge in [-0.25, -0.2) is 8.42 Å². The molecule has 0 amide bonds. The van der Waals surface area contributed by atoms with Crippen LogP contribution in [0.1, 0.15) is 21.5 Å². The van der Waals surface area contributed by atoms with E-state index in [1.807, 2.05) is 0 Å². The molecule has 19 heavy (non-hydrogen) atoms. The molecule has 2 aromatic rings. The molecule has 0 aromatic heterocycles. The van der Waals surface area contributed by atoms with Crippen molar-refractivity contribution < 1.29 is 13.2 Å². The lowest BCUT2D eigenvalue weighted by Crippen LogP contribution is -2.20. The van der Waals surface area contributed by atoms with Crippen molar-refractivity contribution in [3.63, 3.8) is 0 Å². The summed E-state index contributed by atoms with van der Waals surface area (Å²) in [7, 11) is -3.63. The normalized spacial score (nSPS) is 15.8. The largest absolute Gasteiger partial charge is 0.288 e. The van der Waals surface area contributed by atoms with Gasteiger partial charge in [-0.2, -0.15) is 0 Å². The van der Waals surface area contributed by atoms with E-state index in [-0.39, 0.29) is 26.7 Å². The van der Waals surface area contributed by atoms with Gasteiger partial charge in [0.05, 0.1) is 15.4 Å². The maximum atomic E-state index is 12.6. The van der Waals surface area contributed by atoms with Crippen molar-refractivity contribution in [3.8, 4) is 0 Å². The Balaban J connectivity index is 2.47. The predicted octanol–water partition coefficient (Wildman–Crippen LogP) is 3.13. The molecule has 1 aliphatic rings. The van der Waals surface area contributed by atoms with Gasteiger partial charge in [0.2, 0.25) is 9.84 Å². The summed E-state index contributed by atoms with van der Waals surface area (Å²) in [4.78, 5) is 12.6. The fraction of sp³-hybridized carbons (Fsp3) is 0.0714. The van der Waals surface area contributed by atoms with Crippen LogP contribution in [0.3, 0.4) is 0 Å². The number of rotatable bonds is 0. The van der Waals surface area contributed by atoms with E-state index in [2.05, 4.69) is 15.9 Å². The highest BCUT2D eigenvalue weighted by atomic mass is 79.9. The maximum absolute atomic E-state index is 12.6. The van der Waals surface area contributed by atoms with Crippen LogP contribution < -0.4 is 0 Å². The Hall–Kier alpha value is -1.46. The summed E-state index contributed by atoms with van der Waals surface area (Å²) in [6, 6.07) is 9.63. The van der Waals surface area contributed by atoms with Crippen LogP contribution in [0.25, 0.3) is 0 Å². The second kappa shape index (κ2) is 4.02. The number of carbonyl (C=O) groups excluding carboxylic acids is 1. The molecular weight excluding hydrogens is 328 g/mol. The first-order valence-electron chi connectivity index (χ1n) is 5.62. The average molecular weight is 337 g/mol. The molecule has 2 aromatic carbocycles. The molecule has 3 rings (SSSR count). The molecule has 0 aliphatic carbocycles. The van der Waals surface area contributed by atoms with E-state index in [0.29, 0.717) is 4.47 Å². The third-order valence-corrected chi connectivity index (χ3v) is 5.66. The Morgan fingerprint density at radius 3 is 2.53 bits per heavy atom. The van der Waals surface area contributed by atoms with Gasteiger partial charge in [-0.1, -0.05) is 12.1 Å². The third-order valence-electron chi connectivity index (χ3n) is 3.16. The van der Waals surface area contributed by atoms with Crippen LogP contribution in [-0.4, -0.2) is 14.2 Å². The fourth-order valence-electron chi connectivity index (χ4n) is 2.24.